The van der Waals surface area contributed by atoms with Gasteiger partial charge in [0, 0.05) is 18.6 Å². The predicted octanol–water partition coefficient (Wildman–Crippen LogP) is 7.58. The Labute approximate surface area is 240 Å². The second-order valence-corrected chi connectivity index (χ2v) is 10.6. The average molecular weight is 546 g/mol. The van der Waals surface area contributed by atoms with Gasteiger partial charge < -0.3 is 5.32 Å². The van der Waals surface area contributed by atoms with Crippen molar-refractivity contribution >= 4 is 24.8 Å². The Bertz CT molecular complexity index is 1250. The highest BCUT2D eigenvalue weighted by Crippen LogP contribution is 2.35. The smallest absolute Gasteiger partial charge is 0.0292 e. The Hall–Kier alpha value is -2.62. The van der Waals surface area contributed by atoms with Crippen LogP contribution in [0.4, 0.5) is 0 Å². The van der Waals surface area contributed by atoms with E-state index in [-0.39, 0.29) is 24.8 Å². The standard InChI is InChI=1S/C34H36N2.2ClH/c1-3-9-26(10-4-1)23-31-13-7-8-14-32(31)29-17-15-27(16-18-29)24-33-34(30-19-21-36(33)22-20-30)35-25-28-11-5-2-6-12-28;;/h1-18,30,33-35H,19-25H2;2*1H. The van der Waals surface area contributed by atoms with Crippen LogP contribution in [0.3, 0.4) is 0 Å². The summed E-state index contributed by atoms with van der Waals surface area (Å²) < 4.78 is 0. The maximum atomic E-state index is 3.97. The fourth-order valence-electron chi connectivity index (χ4n) is 6.38. The zero-order chi connectivity index (χ0) is 24.2. The van der Waals surface area contributed by atoms with Gasteiger partial charge in [-0.05, 0) is 78.1 Å². The number of benzene rings is 4. The van der Waals surface area contributed by atoms with Gasteiger partial charge in [-0.25, -0.2) is 0 Å². The van der Waals surface area contributed by atoms with Crippen LogP contribution in [0.15, 0.2) is 109 Å². The van der Waals surface area contributed by atoms with Crippen LogP contribution >= 0.6 is 24.8 Å². The first-order valence-corrected chi connectivity index (χ1v) is 13.6. The molecule has 3 heterocycles. The minimum absolute atomic E-state index is 0. The van der Waals surface area contributed by atoms with Crippen molar-refractivity contribution < 1.29 is 0 Å². The lowest BCUT2D eigenvalue weighted by molar-refractivity contribution is 0.0127. The molecule has 0 saturated carbocycles. The highest BCUT2D eigenvalue weighted by molar-refractivity contribution is 5.85. The van der Waals surface area contributed by atoms with E-state index in [0.29, 0.717) is 12.1 Å². The van der Waals surface area contributed by atoms with Gasteiger partial charge in [-0.15, -0.1) is 24.8 Å². The molecule has 3 saturated heterocycles. The molecular weight excluding hydrogens is 507 g/mol. The third-order valence-corrected chi connectivity index (χ3v) is 8.31. The molecule has 38 heavy (non-hydrogen) atoms. The molecule has 1 N–H and O–H groups in total. The summed E-state index contributed by atoms with van der Waals surface area (Å²) in [4.78, 5) is 2.74. The van der Waals surface area contributed by atoms with Crippen LogP contribution in [0.2, 0.25) is 0 Å². The molecular formula is C34H38Cl2N2. The second-order valence-electron chi connectivity index (χ2n) is 10.6. The van der Waals surface area contributed by atoms with Crippen molar-refractivity contribution in [1.29, 1.82) is 0 Å². The average Bonchev–Trinajstić information content (AvgIpc) is 2.95. The Morgan fingerprint density at radius 1 is 0.632 bits per heavy atom. The largest absolute Gasteiger partial charge is 0.308 e. The van der Waals surface area contributed by atoms with Gasteiger partial charge >= 0.3 is 0 Å². The Balaban J connectivity index is 0.00000168. The molecule has 198 valence electrons. The lowest BCUT2D eigenvalue weighted by Gasteiger charge is -2.51. The zero-order valence-electron chi connectivity index (χ0n) is 21.8. The molecule has 0 aliphatic carbocycles. The van der Waals surface area contributed by atoms with Crippen molar-refractivity contribution in [2.24, 2.45) is 5.92 Å². The quantitative estimate of drug-likeness (QED) is 0.246. The molecule has 0 aromatic heterocycles. The van der Waals surface area contributed by atoms with Gasteiger partial charge in [0.15, 0.2) is 0 Å². The third kappa shape index (κ3) is 6.50. The van der Waals surface area contributed by atoms with Gasteiger partial charge in [0.1, 0.15) is 0 Å². The third-order valence-electron chi connectivity index (χ3n) is 8.31. The van der Waals surface area contributed by atoms with Gasteiger partial charge in [0.25, 0.3) is 0 Å². The van der Waals surface area contributed by atoms with E-state index < -0.39 is 0 Å². The molecule has 3 fully saturated rings. The molecule has 2 atom stereocenters. The normalized spacial score (nSPS) is 21.8. The second kappa shape index (κ2) is 13.4. The summed E-state index contributed by atoms with van der Waals surface area (Å²) in [5, 5.41) is 3.97. The summed E-state index contributed by atoms with van der Waals surface area (Å²) in [6.07, 6.45) is 4.75. The van der Waals surface area contributed by atoms with Gasteiger partial charge in [0.2, 0.25) is 0 Å². The van der Waals surface area contributed by atoms with Crippen molar-refractivity contribution in [2.45, 2.75) is 44.3 Å². The number of nitrogens with zero attached hydrogens (tertiary/aromatic N) is 1. The minimum Gasteiger partial charge on any atom is -0.308 e. The SMILES string of the molecule is Cl.Cl.c1ccc(CNC2C3CCN(CC3)C2Cc2ccc(-c3ccccc3Cc3ccccc3)cc2)cc1. The molecule has 7 rings (SSSR count). The van der Waals surface area contributed by atoms with Crippen LogP contribution < -0.4 is 5.32 Å². The maximum Gasteiger partial charge on any atom is 0.0292 e. The summed E-state index contributed by atoms with van der Waals surface area (Å²) in [5.41, 5.74) is 8.23. The highest BCUT2D eigenvalue weighted by atomic mass is 35.5. The topological polar surface area (TPSA) is 15.3 Å². The number of fused-ring (bicyclic) bond motifs is 3. The van der Waals surface area contributed by atoms with Gasteiger partial charge in [-0.2, -0.15) is 0 Å². The lowest BCUT2D eigenvalue weighted by atomic mass is 9.76. The van der Waals surface area contributed by atoms with Crippen molar-refractivity contribution in [3.8, 4) is 11.1 Å². The molecule has 4 aromatic rings. The van der Waals surface area contributed by atoms with Crippen molar-refractivity contribution in [3.05, 3.63) is 131 Å². The van der Waals surface area contributed by atoms with Crippen LogP contribution in [0.1, 0.15) is 35.1 Å². The van der Waals surface area contributed by atoms with E-state index >= 15 is 0 Å². The highest BCUT2D eigenvalue weighted by Gasteiger charge is 2.41. The van der Waals surface area contributed by atoms with Crippen molar-refractivity contribution in [2.75, 3.05) is 13.1 Å². The maximum absolute atomic E-state index is 3.97. The van der Waals surface area contributed by atoms with E-state index in [1.54, 1.807) is 0 Å². The first-order chi connectivity index (χ1) is 17.8. The molecule has 4 heteroatoms. The molecule has 0 spiro atoms. The van der Waals surface area contributed by atoms with Crippen molar-refractivity contribution in [1.82, 2.24) is 10.2 Å². The summed E-state index contributed by atoms with van der Waals surface area (Å²) in [5.74, 6) is 0.799. The molecule has 3 aliphatic heterocycles. The van der Waals surface area contributed by atoms with E-state index in [9.17, 15) is 0 Å². The summed E-state index contributed by atoms with van der Waals surface area (Å²) in [6, 6.07) is 41.0. The number of hydrogen-bond acceptors (Lipinski definition) is 2. The van der Waals surface area contributed by atoms with Crippen molar-refractivity contribution in [3.63, 3.8) is 0 Å². The van der Waals surface area contributed by atoms with Crippen LogP contribution in [0, 0.1) is 5.92 Å². The summed E-state index contributed by atoms with van der Waals surface area (Å²) in [6.45, 7) is 3.47. The van der Waals surface area contributed by atoms with E-state index in [0.717, 1.165) is 25.3 Å². The Morgan fingerprint density at radius 3 is 1.92 bits per heavy atom. The van der Waals surface area contributed by atoms with Gasteiger partial charge in [0.05, 0.1) is 0 Å². The monoisotopic (exact) mass is 544 g/mol. The zero-order valence-corrected chi connectivity index (χ0v) is 23.5. The number of halogens is 2. The lowest BCUT2D eigenvalue weighted by Crippen LogP contribution is -2.63. The molecule has 0 amide bonds. The van der Waals surface area contributed by atoms with Gasteiger partial charge in [-0.1, -0.05) is 109 Å². The fraction of sp³-hybridized carbons (Fsp3) is 0.294. The predicted molar refractivity (Wildman–Crippen MR) is 164 cm³/mol. The molecule has 4 aromatic carbocycles. The molecule has 0 radical (unpaired) electrons. The Morgan fingerprint density at radius 2 is 1.24 bits per heavy atom. The van der Waals surface area contributed by atoms with Crippen LogP contribution in [-0.4, -0.2) is 30.1 Å². The summed E-state index contributed by atoms with van der Waals surface area (Å²) in [7, 11) is 0. The first-order valence-electron chi connectivity index (χ1n) is 13.6. The molecule has 2 bridgehead atoms. The molecule has 2 unspecified atom stereocenters. The van der Waals surface area contributed by atoms with E-state index in [1.165, 1.54) is 59.3 Å². The van der Waals surface area contributed by atoms with Crippen LogP contribution in [0.5, 0.6) is 0 Å². The fourth-order valence-corrected chi connectivity index (χ4v) is 6.38. The van der Waals surface area contributed by atoms with E-state index in [4.69, 9.17) is 0 Å². The molecule has 3 aliphatic rings. The summed E-state index contributed by atoms with van der Waals surface area (Å²) >= 11 is 0. The number of hydrogen-bond donors (Lipinski definition) is 1. The first kappa shape index (κ1) is 28.4. The molecule has 2 nitrogen and oxygen atoms in total. The number of nitrogens with one attached hydrogen (secondary N) is 1. The Kier molecular flexibility index (Phi) is 10.0. The van der Waals surface area contributed by atoms with Crippen LogP contribution in [-0.2, 0) is 19.4 Å². The minimum atomic E-state index is 0. The number of piperidine rings is 3. The van der Waals surface area contributed by atoms with Crippen LogP contribution in [0.25, 0.3) is 11.1 Å². The number of rotatable bonds is 8. The van der Waals surface area contributed by atoms with Gasteiger partial charge in [-0.3, -0.25) is 4.90 Å². The van der Waals surface area contributed by atoms with E-state index in [2.05, 4.69) is 119 Å². The van der Waals surface area contributed by atoms with E-state index in [1.807, 2.05) is 0 Å².